The van der Waals surface area contributed by atoms with Crippen molar-refractivity contribution in [1.29, 1.82) is 0 Å². The maximum Gasteiger partial charge on any atom is 0.0884 e. The van der Waals surface area contributed by atoms with Gasteiger partial charge >= 0.3 is 0 Å². The molecule has 0 aromatic heterocycles. The van der Waals surface area contributed by atoms with Crippen molar-refractivity contribution in [3.63, 3.8) is 0 Å². The van der Waals surface area contributed by atoms with Crippen molar-refractivity contribution < 1.29 is 0 Å². The third-order valence-corrected chi connectivity index (χ3v) is 3.80. The standard InChI is InChI=1S/C11H16BrNS/c1-8(2)14-10-6-4-9(5-7-10)11(12)13-3/h4-8,11,13H,1-3H3. The van der Waals surface area contributed by atoms with Gasteiger partial charge in [0.1, 0.15) is 0 Å². The van der Waals surface area contributed by atoms with Crippen molar-refractivity contribution in [2.45, 2.75) is 28.9 Å². The molecular formula is C11H16BrNS. The molecule has 0 aliphatic heterocycles. The SMILES string of the molecule is CNC(Br)c1ccc(SC(C)C)cc1. The summed E-state index contributed by atoms with van der Waals surface area (Å²) in [4.78, 5) is 1.58. The van der Waals surface area contributed by atoms with Crippen LogP contribution in [-0.4, -0.2) is 12.3 Å². The second kappa shape index (κ2) is 5.79. The molecule has 78 valence electrons. The first-order chi connectivity index (χ1) is 6.63. The van der Waals surface area contributed by atoms with Crippen LogP contribution in [0.1, 0.15) is 24.4 Å². The Balaban J connectivity index is 2.68. The Kier molecular flexibility index (Phi) is 4.99. The zero-order chi connectivity index (χ0) is 10.6. The summed E-state index contributed by atoms with van der Waals surface area (Å²) in [7, 11) is 1.94. The van der Waals surface area contributed by atoms with Crippen LogP contribution in [0.4, 0.5) is 0 Å². The van der Waals surface area contributed by atoms with Crippen molar-refractivity contribution in [3.05, 3.63) is 29.8 Å². The molecule has 0 heterocycles. The van der Waals surface area contributed by atoms with Gasteiger partial charge in [0, 0.05) is 10.1 Å². The number of halogens is 1. The van der Waals surface area contributed by atoms with E-state index in [9.17, 15) is 0 Å². The smallest absolute Gasteiger partial charge is 0.0884 e. The van der Waals surface area contributed by atoms with E-state index in [4.69, 9.17) is 0 Å². The summed E-state index contributed by atoms with van der Waals surface area (Å²) in [5.74, 6) is 0. The van der Waals surface area contributed by atoms with E-state index in [0.717, 1.165) is 0 Å². The van der Waals surface area contributed by atoms with Crippen LogP contribution in [0.25, 0.3) is 0 Å². The van der Waals surface area contributed by atoms with Gasteiger partial charge in [0.05, 0.1) is 4.95 Å². The van der Waals surface area contributed by atoms with Crippen LogP contribution in [0, 0.1) is 0 Å². The number of hydrogen-bond acceptors (Lipinski definition) is 2. The zero-order valence-corrected chi connectivity index (χ0v) is 11.2. The summed E-state index contributed by atoms with van der Waals surface area (Å²) in [5.41, 5.74) is 1.26. The van der Waals surface area contributed by atoms with Crippen molar-refractivity contribution in [3.8, 4) is 0 Å². The van der Waals surface area contributed by atoms with E-state index < -0.39 is 0 Å². The van der Waals surface area contributed by atoms with Gasteiger partial charge in [-0.15, -0.1) is 11.8 Å². The average Bonchev–Trinajstić information content (AvgIpc) is 2.17. The molecule has 0 spiro atoms. The number of rotatable bonds is 4. The molecule has 1 N–H and O–H groups in total. The minimum Gasteiger partial charge on any atom is -0.304 e. The number of benzene rings is 1. The van der Waals surface area contributed by atoms with Crippen molar-refractivity contribution in [1.82, 2.24) is 5.32 Å². The van der Waals surface area contributed by atoms with Crippen molar-refractivity contribution in [2.24, 2.45) is 0 Å². The summed E-state index contributed by atoms with van der Waals surface area (Å²) >= 11 is 5.43. The number of hydrogen-bond donors (Lipinski definition) is 1. The molecule has 0 radical (unpaired) electrons. The Hall–Kier alpha value is 0.01000. The molecule has 1 atom stereocenters. The van der Waals surface area contributed by atoms with Gasteiger partial charge in [0.25, 0.3) is 0 Å². The van der Waals surface area contributed by atoms with Gasteiger partial charge in [-0.3, -0.25) is 0 Å². The fourth-order valence-corrected chi connectivity index (χ4v) is 2.30. The summed E-state index contributed by atoms with van der Waals surface area (Å²) in [5, 5.41) is 3.79. The fraction of sp³-hybridized carbons (Fsp3) is 0.455. The van der Waals surface area contributed by atoms with Crippen LogP contribution in [0.2, 0.25) is 0 Å². The molecule has 0 saturated carbocycles. The maximum absolute atomic E-state index is 3.54. The van der Waals surface area contributed by atoms with E-state index in [1.54, 1.807) is 0 Å². The first-order valence-corrected chi connectivity index (χ1v) is 6.51. The second-order valence-electron chi connectivity index (χ2n) is 3.39. The van der Waals surface area contributed by atoms with E-state index in [2.05, 4.69) is 59.4 Å². The lowest BCUT2D eigenvalue weighted by molar-refractivity contribution is 0.807. The molecule has 14 heavy (non-hydrogen) atoms. The Bertz CT molecular complexity index is 271. The van der Waals surface area contributed by atoms with Gasteiger partial charge in [0.2, 0.25) is 0 Å². The molecule has 1 aromatic rings. The molecule has 1 unspecified atom stereocenters. The second-order valence-corrected chi connectivity index (χ2v) is 5.95. The van der Waals surface area contributed by atoms with Crippen LogP contribution in [0.3, 0.4) is 0 Å². The topological polar surface area (TPSA) is 12.0 Å². The normalized spacial score (nSPS) is 13.2. The van der Waals surface area contributed by atoms with Crippen LogP contribution in [0.5, 0.6) is 0 Å². The van der Waals surface area contributed by atoms with Crippen LogP contribution >= 0.6 is 27.7 Å². The Morgan fingerprint density at radius 2 is 1.79 bits per heavy atom. The van der Waals surface area contributed by atoms with E-state index in [0.29, 0.717) is 5.25 Å². The lowest BCUT2D eigenvalue weighted by Crippen LogP contribution is -2.08. The van der Waals surface area contributed by atoms with Crippen molar-refractivity contribution >= 4 is 27.7 Å². The minimum absolute atomic E-state index is 0.251. The highest BCUT2D eigenvalue weighted by Gasteiger charge is 2.04. The number of thioether (sulfide) groups is 1. The summed E-state index contributed by atoms with van der Waals surface area (Å²) in [6.07, 6.45) is 0. The molecule has 1 nitrogen and oxygen atoms in total. The van der Waals surface area contributed by atoms with Gasteiger partial charge in [-0.1, -0.05) is 41.9 Å². The lowest BCUT2D eigenvalue weighted by atomic mass is 10.2. The van der Waals surface area contributed by atoms with E-state index in [-0.39, 0.29) is 4.95 Å². The monoisotopic (exact) mass is 273 g/mol. The van der Waals surface area contributed by atoms with Gasteiger partial charge in [-0.05, 0) is 24.7 Å². The maximum atomic E-state index is 3.54. The third-order valence-electron chi connectivity index (χ3n) is 1.80. The molecule has 0 saturated heterocycles. The quantitative estimate of drug-likeness (QED) is 0.509. The highest BCUT2D eigenvalue weighted by Crippen LogP contribution is 2.26. The van der Waals surface area contributed by atoms with E-state index in [1.165, 1.54) is 10.5 Å². The molecule has 1 aromatic carbocycles. The van der Waals surface area contributed by atoms with E-state index >= 15 is 0 Å². The van der Waals surface area contributed by atoms with E-state index in [1.807, 2.05) is 18.8 Å². The van der Waals surface area contributed by atoms with Gasteiger partial charge < -0.3 is 5.32 Å². The molecule has 0 aliphatic rings. The first-order valence-electron chi connectivity index (χ1n) is 4.71. The van der Waals surface area contributed by atoms with Crippen LogP contribution in [-0.2, 0) is 0 Å². The lowest BCUT2D eigenvalue weighted by Gasteiger charge is -2.10. The molecule has 0 amide bonds. The van der Waals surface area contributed by atoms with Crippen molar-refractivity contribution in [2.75, 3.05) is 7.05 Å². The zero-order valence-electron chi connectivity index (χ0n) is 8.75. The van der Waals surface area contributed by atoms with Gasteiger partial charge in [0.15, 0.2) is 0 Å². The molecule has 0 fully saturated rings. The third kappa shape index (κ3) is 3.64. The van der Waals surface area contributed by atoms with Crippen LogP contribution < -0.4 is 5.32 Å². The van der Waals surface area contributed by atoms with Gasteiger partial charge in [-0.2, -0.15) is 0 Å². The molecular weight excluding hydrogens is 258 g/mol. The highest BCUT2D eigenvalue weighted by atomic mass is 79.9. The summed E-state index contributed by atoms with van der Waals surface area (Å²) < 4.78 is 0. The predicted molar refractivity (Wildman–Crippen MR) is 68.2 cm³/mol. The Morgan fingerprint density at radius 3 is 2.21 bits per heavy atom. The minimum atomic E-state index is 0.251. The number of nitrogens with one attached hydrogen (secondary N) is 1. The predicted octanol–water partition coefficient (Wildman–Crippen LogP) is 3.80. The Morgan fingerprint density at radius 1 is 1.21 bits per heavy atom. The molecule has 0 bridgehead atoms. The average molecular weight is 274 g/mol. The Labute approximate surface area is 98.8 Å². The molecule has 0 aliphatic carbocycles. The molecule has 1 rings (SSSR count). The highest BCUT2D eigenvalue weighted by molar-refractivity contribution is 9.09. The fourth-order valence-electron chi connectivity index (χ4n) is 1.15. The molecule has 3 heteroatoms. The summed E-state index contributed by atoms with van der Waals surface area (Å²) in [6.45, 7) is 4.42. The first kappa shape index (κ1) is 12.1. The summed E-state index contributed by atoms with van der Waals surface area (Å²) in [6, 6.07) is 8.65. The largest absolute Gasteiger partial charge is 0.304 e. The number of alkyl halides is 1. The van der Waals surface area contributed by atoms with Gasteiger partial charge in [-0.25, -0.2) is 0 Å². The van der Waals surface area contributed by atoms with Crippen LogP contribution in [0.15, 0.2) is 29.2 Å².